The fourth-order valence-electron chi connectivity index (χ4n) is 3.85. The lowest BCUT2D eigenvalue weighted by molar-refractivity contribution is -0.134. The Morgan fingerprint density at radius 1 is 1.32 bits per heavy atom. The Morgan fingerprint density at radius 2 is 2.11 bits per heavy atom. The van der Waals surface area contributed by atoms with E-state index in [1.54, 1.807) is 4.68 Å². The topological polar surface area (TPSA) is 89.1 Å². The predicted molar refractivity (Wildman–Crippen MR) is 108 cm³/mol. The van der Waals surface area contributed by atoms with Crippen LogP contribution in [0.1, 0.15) is 43.0 Å². The third-order valence-corrected chi connectivity index (χ3v) is 5.65. The van der Waals surface area contributed by atoms with E-state index in [0.717, 1.165) is 43.3 Å². The van der Waals surface area contributed by atoms with Crippen molar-refractivity contribution in [3.05, 3.63) is 47.5 Å². The van der Waals surface area contributed by atoms with Crippen LogP contribution in [0.2, 0.25) is 0 Å². The van der Waals surface area contributed by atoms with Crippen LogP contribution in [0.25, 0.3) is 0 Å². The number of nitrogens with two attached hydrogens (primary N) is 1. The number of carbonyl (C=O) groups is 1. The van der Waals surface area contributed by atoms with E-state index in [0.29, 0.717) is 12.3 Å². The van der Waals surface area contributed by atoms with Crippen molar-refractivity contribution in [3.63, 3.8) is 0 Å². The molecule has 2 aliphatic rings. The Morgan fingerprint density at radius 3 is 2.82 bits per heavy atom. The first-order valence-electron chi connectivity index (χ1n) is 10.3. The fourth-order valence-corrected chi connectivity index (χ4v) is 3.85. The molecule has 2 unspecified atom stereocenters. The van der Waals surface area contributed by atoms with Gasteiger partial charge < -0.3 is 16.0 Å². The average molecular weight is 383 g/mol. The molecule has 1 aromatic carbocycles. The highest BCUT2D eigenvalue weighted by atomic mass is 16.2. The number of carbonyl (C=O) groups excluding carboxylic acids is 1. The van der Waals surface area contributed by atoms with Gasteiger partial charge in [-0.1, -0.05) is 30.3 Å². The van der Waals surface area contributed by atoms with Gasteiger partial charge in [0.1, 0.15) is 12.4 Å². The quantitative estimate of drug-likeness (QED) is 0.753. The lowest BCUT2D eigenvalue weighted by Gasteiger charge is -2.34. The average Bonchev–Trinajstić information content (AvgIpc) is 3.41. The summed E-state index contributed by atoms with van der Waals surface area (Å²) in [5, 5.41) is 8.00. The number of benzene rings is 1. The van der Waals surface area contributed by atoms with Crippen molar-refractivity contribution < 1.29 is 4.79 Å². The van der Waals surface area contributed by atoms with Gasteiger partial charge in [0, 0.05) is 32.1 Å². The molecule has 1 saturated carbocycles. The molecule has 7 heteroatoms. The second-order valence-corrected chi connectivity index (χ2v) is 8.13. The summed E-state index contributed by atoms with van der Waals surface area (Å²) in [4.78, 5) is 19.6. The fraction of sp³-hybridized carbons (Fsp3) is 0.571. The van der Waals surface area contributed by atoms with Crippen LogP contribution in [0.5, 0.6) is 0 Å². The zero-order valence-electron chi connectivity index (χ0n) is 16.6. The van der Waals surface area contributed by atoms with Gasteiger partial charge >= 0.3 is 0 Å². The smallest absolute Gasteiger partial charge is 0.244 e. The molecule has 0 bridgehead atoms. The van der Waals surface area contributed by atoms with E-state index in [9.17, 15) is 4.79 Å². The van der Waals surface area contributed by atoms with Crippen molar-refractivity contribution in [3.8, 4) is 0 Å². The van der Waals surface area contributed by atoms with Gasteiger partial charge in [-0.15, -0.1) is 0 Å². The summed E-state index contributed by atoms with van der Waals surface area (Å²) in [5.41, 5.74) is 7.67. The number of aromatic nitrogens is 3. The molecule has 4 rings (SSSR count). The minimum Gasteiger partial charge on any atom is -0.336 e. The van der Waals surface area contributed by atoms with Crippen molar-refractivity contribution in [2.24, 2.45) is 11.7 Å². The highest BCUT2D eigenvalue weighted by Gasteiger charge is 2.28. The van der Waals surface area contributed by atoms with E-state index in [1.807, 2.05) is 23.1 Å². The molecule has 1 aliphatic carbocycles. The monoisotopic (exact) mass is 382 g/mol. The highest BCUT2D eigenvalue weighted by molar-refractivity contribution is 5.76. The molecule has 1 amide bonds. The van der Waals surface area contributed by atoms with Crippen LogP contribution < -0.4 is 11.1 Å². The maximum Gasteiger partial charge on any atom is 0.244 e. The first-order valence-corrected chi connectivity index (χ1v) is 10.3. The maximum atomic E-state index is 12.9. The van der Waals surface area contributed by atoms with Gasteiger partial charge in [0.25, 0.3) is 0 Å². The number of hydrogen-bond acceptors (Lipinski definition) is 5. The van der Waals surface area contributed by atoms with Crippen molar-refractivity contribution in [1.29, 1.82) is 0 Å². The van der Waals surface area contributed by atoms with Crippen LogP contribution in [0, 0.1) is 5.92 Å². The summed E-state index contributed by atoms with van der Waals surface area (Å²) in [6, 6.07) is 10.1. The van der Waals surface area contributed by atoms with Gasteiger partial charge in [0.2, 0.25) is 5.91 Å². The highest BCUT2D eigenvalue weighted by Crippen LogP contribution is 2.32. The molecule has 2 fully saturated rings. The zero-order chi connectivity index (χ0) is 19.5. The first-order chi connectivity index (χ1) is 13.6. The van der Waals surface area contributed by atoms with Crippen LogP contribution in [0.3, 0.4) is 0 Å². The van der Waals surface area contributed by atoms with Crippen LogP contribution in [-0.2, 0) is 24.2 Å². The molecule has 1 aliphatic heterocycles. The molecule has 2 aromatic rings. The van der Waals surface area contributed by atoms with E-state index in [-0.39, 0.29) is 24.5 Å². The van der Waals surface area contributed by atoms with E-state index >= 15 is 0 Å². The molecule has 1 saturated heterocycles. The number of amides is 1. The summed E-state index contributed by atoms with van der Waals surface area (Å²) < 4.78 is 1.75. The van der Waals surface area contributed by atoms with E-state index in [1.165, 1.54) is 12.8 Å². The SMILES string of the molecule is CC1CNCCN1C(=O)Cn1nc(CC2CC2)nc1C(N)Cc1ccccc1. The molecule has 7 nitrogen and oxygen atoms in total. The minimum atomic E-state index is -0.281. The summed E-state index contributed by atoms with van der Waals surface area (Å²) in [5.74, 6) is 2.32. The minimum absolute atomic E-state index is 0.0880. The number of nitrogens with zero attached hydrogens (tertiary/aromatic N) is 4. The Kier molecular flexibility index (Phi) is 5.73. The first kappa shape index (κ1) is 19.1. The van der Waals surface area contributed by atoms with Crippen molar-refractivity contribution >= 4 is 5.91 Å². The molecule has 28 heavy (non-hydrogen) atoms. The van der Waals surface area contributed by atoms with E-state index < -0.39 is 0 Å². The lowest BCUT2D eigenvalue weighted by Crippen LogP contribution is -2.53. The summed E-state index contributed by atoms with van der Waals surface area (Å²) in [6.07, 6.45) is 4.06. The summed E-state index contributed by atoms with van der Waals surface area (Å²) >= 11 is 0. The summed E-state index contributed by atoms with van der Waals surface area (Å²) in [7, 11) is 0. The molecule has 2 atom stereocenters. The second kappa shape index (κ2) is 8.41. The molecule has 2 heterocycles. The molecular formula is C21H30N6O. The Balaban J connectivity index is 1.52. The van der Waals surface area contributed by atoms with Crippen molar-refractivity contribution in [1.82, 2.24) is 25.0 Å². The van der Waals surface area contributed by atoms with Crippen LogP contribution in [0.15, 0.2) is 30.3 Å². The zero-order valence-corrected chi connectivity index (χ0v) is 16.6. The standard InChI is InChI=1S/C21H30N6O/c1-15-13-23-9-10-26(15)20(28)14-27-21(24-19(25-27)12-17-7-8-17)18(22)11-16-5-3-2-4-6-16/h2-6,15,17-18,23H,7-14,22H2,1H3. The Bertz CT molecular complexity index is 800. The van der Waals surface area contributed by atoms with Crippen LogP contribution in [0.4, 0.5) is 0 Å². The van der Waals surface area contributed by atoms with Crippen molar-refractivity contribution in [2.75, 3.05) is 19.6 Å². The lowest BCUT2D eigenvalue weighted by atomic mass is 10.1. The normalized spacial score (nSPS) is 20.9. The van der Waals surface area contributed by atoms with Gasteiger partial charge in [-0.25, -0.2) is 9.67 Å². The van der Waals surface area contributed by atoms with Crippen molar-refractivity contribution in [2.45, 2.75) is 51.2 Å². The van der Waals surface area contributed by atoms with Gasteiger partial charge in [-0.3, -0.25) is 4.79 Å². The van der Waals surface area contributed by atoms with Crippen LogP contribution >= 0.6 is 0 Å². The van der Waals surface area contributed by atoms with Gasteiger partial charge in [0.15, 0.2) is 5.82 Å². The molecular weight excluding hydrogens is 352 g/mol. The predicted octanol–water partition coefficient (Wildman–Crippen LogP) is 1.29. The number of rotatable bonds is 7. The van der Waals surface area contributed by atoms with Gasteiger partial charge in [0.05, 0.1) is 6.04 Å². The van der Waals surface area contributed by atoms with Gasteiger partial charge in [-0.2, -0.15) is 5.10 Å². The Labute approximate surface area is 166 Å². The largest absolute Gasteiger partial charge is 0.336 e. The molecule has 0 spiro atoms. The molecule has 1 aromatic heterocycles. The number of hydrogen-bond donors (Lipinski definition) is 2. The molecule has 0 radical (unpaired) electrons. The molecule has 3 N–H and O–H groups in total. The second-order valence-electron chi connectivity index (χ2n) is 8.13. The van der Waals surface area contributed by atoms with E-state index in [2.05, 4.69) is 29.5 Å². The number of nitrogens with one attached hydrogen (secondary N) is 1. The Hall–Kier alpha value is -2.25. The number of piperazine rings is 1. The van der Waals surface area contributed by atoms with E-state index in [4.69, 9.17) is 10.7 Å². The summed E-state index contributed by atoms with van der Waals surface area (Å²) in [6.45, 7) is 4.68. The maximum absolute atomic E-state index is 12.9. The third-order valence-electron chi connectivity index (χ3n) is 5.65. The van der Waals surface area contributed by atoms with Crippen LogP contribution in [-0.4, -0.2) is 51.2 Å². The van der Waals surface area contributed by atoms with Gasteiger partial charge in [-0.05, 0) is 37.7 Å². The third kappa shape index (κ3) is 4.59. The molecule has 150 valence electrons.